The number of rotatable bonds is 3. The number of carbonyl (C=O) groups excluding carboxylic acids is 3. The highest BCUT2D eigenvalue weighted by Crippen LogP contribution is 2.38. The first-order chi connectivity index (χ1) is 11.8. The van der Waals surface area contributed by atoms with E-state index in [1.165, 1.54) is 6.07 Å². The van der Waals surface area contributed by atoms with Crippen LogP contribution < -0.4 is 10.6 Å². The Hall–Kier alpha value is -1.79. The van der Waals surface area contributed by atoms with Crippen LogP contribution >= 0.6 is 23.2 Å². The third-order valence-corrected chi connectivity index (χ3v) is 5.75. The number of halogens is 2. The molecule has 4 amide bonds. The predicted molar refractivity (Wildman–Crippen MR) is 95.7 cm³/mol. The molecule has 0 aromatic heterocycles. The largest absolute Gasteiger partial charge is 0.325 e. The fourth-order valence-corrected chi connectivity index (χ4v) is 3.86. The molecule has 134 valence electrons. The molecule has 1 aliphatic carbocycles. The Morgan fingerprint density at radius 2 is 2.08 bits per heavy atom. The van der Waals surface area contributed by atoms with Crippen LogP contribution in [-0.2, 0) is 9.59 Å². The van der Waals surface area contributed by atoms with Gasteiger partial charge in [-0.1, -0.05) is 43.0 Å². The molecule has 2 fully saturated rings. The number of anilines is 1. The quantitative estimate of drug-likeness (QED) is 0.784. The van der Waals surface area contributed by atoms with Crippen LogP contribution in [0.15, 0.2) is 18.2 Å². The van der Waals surface area contributed by atoms with Crippen molar-refractivity contribution in [3.63, 3.8) is 0 Å². The third kappa shape index (κ3) is 3.33. The minimum atomic E-state index is -0.862. The molecule has 1 saturated carbocycles. The first kappa shape index (κ1) is 18.0. The van der Waals surface area contributed by atoms with Crippen molar-refractivity contribution in [3.05, 3.63) is 28.2 Å². The molecule has 1 aromatic carbocycles. The number of nitrogens with zero attached hydrogens (tertiary/aromatic N) is 1. The molecule has 1 aromatic rings. The lowest BCUT2D eigenvalue weighted by molar-refractivity contribution is -0.136. The van der Waals surface area contributed by atoms with Gasteiger partial charge in [-0.3, -0.25) is 14.5 Å². The van der Waals surface area contributed by atoms with Crippen molar-refractivity contribution in [1.82, 2.24) is 10.2 Å². The lowest BCUT2D eigenvalue weighted by Crippen LogP contribution is -2.54. The molecule has 25 heavy (non-hydrogen) atoms. The van der Waals surface area contributed by atoms with Crippen molar-refractivity contribution >= 4 is 46.7 Å². The van der Waals surface area contributed by atoms with Gasteiger partial charge in [0.1, 0.15) is 12.1 Å². The van der Waals surface area contributed by atoms with Crippen LogP contribution in [0.3, 0.4) is 0 Å². The summed E-state index contributed by atoms with van der Waals surface area (Å²) in [6.45, 7) is 1.63. The molecular weight excluding hydrogens is 365 g/mol. The molecule has 2 aliphatic rings. The first-order valence-electron chi connectivity index (χ1n) is 8.22. The van der Waals surface area contributed by atoms with Crippen LogP contribution in [0.5, 0.6) is 0 Å². The predicted octanol–water partition coefficient (Wildman–Crippen LogP) is 3.43. The van der Waals surface area contributed by atoms with Gasteiger partial charge in [-0.25, -0.2) is 4.79 Å². The average Bonchev–Trinajstić information content (AvgIpc) is 2.79. The Morgan fingerprint density at radius 3 is 2.76 bits per heavy atom. The summed E-state index contributed by atoms with van der Waals surface area (Å²) in [5.74, 6) is -0.725. The highest BCUT2D eigenvalue weighted by Gasteiger charge is 2.55. The molecule has 2 N–H and O–H groups in total. The highest BCUT2D eigenvalue weighted by molar-refractivity contribution is 6.42. The molecule has 1 spiro atoms. The van der Waals surface area contributed by atoms with E-state index in [4.69, 9.17) is 23.2 Å². The Kier molecular flexibility index (Phi) is 4.93. The van der Waals surface area contributed by atoms with E-state index in [9.17, 15) is 14.4 Å². The zero-order valence-electron chi connectivity index (χ0n) is 13.8. The Labute approximate surface area is 155 Å². The molecule has 2 atom stereocenters. The second-order valence-electron chi connectivity index (χ2n) is 6.62. The van der Waals surface area contributed by atoms with Gasteiger partial charge in [0.2, 0.25) is 5.91 Å². The van der Waals surface area contributed by atoms with Crippen LogP contribution in [-0.4, -0.2) is 34.8 Å². The molecule has 1 heterocycles. The number of imide groups is 1. The lowest BCUT2D eigenvalue weighted by atomic mass is 9.73. The second kappa shape index (κ2) is 6.84. The fraction of sp³-hybridized carbons (Fsp3) is 0.471. The summed E-state index contributed by atoms with van der Waals surface area (Å²) in [5.41, 5.74) is -0.411. The summed E-state index contributed by atoms with van der Waals surface area (Å²) < 4.78 is 0. The van der Waals surface area contributed by atoms with Crippen molar-refractivity contribution in [2.75, 3.05) is 11.9 Å². The Balaban J connectivity index is 1.69. The van der Waals surface area contributed by atoms with Gasteiger partial charge in [0.15, 0.2) is 0 Å². The molecule has 1 saturated heterocycles. The minimum absolute atomic E-state index is 0.0563. The standard InChI is InChI=1S/C17H19Cl2N3O3/c1-10-4-2-3-7-17(10)15(24)22(16(25)21-17)9-14(23)20-11-5-6-12(18)13(19)8-11/h5-6,8,10H,2-4,7,9H2,1H3,(H,20,23)(H,21,25)/t10-,17-/m1/s1. The van der Waals surface area contributed by atoms with Crippen molar-refractivity contribution in [1.29, 1.82) is 0 Å². The summed E-state index contributed by atoms with van der Waals surface area (Å²) in [5, 5.41) is 6.13. The summed E-state index contributed by atoms with van der Waals surface area (Å²) in [6.07, 6.45) is 3.43. The maximum atomic E-state index is 12.8. The van der Waals surface area contributed by atoms with Gasteiger partial charge >= 0.3 is 6.03 Å². The maximum absolute atomic E-state index is 12.8. The van der Waals surface area contributed by atoms with Gasteiger partial charge < -0.3 is 10.6 Å². The monoisotopic (exact) mass is 383 g/mol. The number of urea groups is 1. The number of benzene rings is 1. The van der Waals surface area contributed by atoms with Crippen LogP contribution in [0.2, 0.25) is 10.0 Å². The molecule has 1 aliphatic heterocycles. The molecule has 0 unspecified atom stereocenters. The maximum Gasteiger partial charge on any atom is 0.325 e. The van der Waals surface area contributed by atoms with E-state index in [1.807, 2.05) is 6.92 Å². The molecule has 6 nitrogen and oxygen atoms in total. The van der Waals surface area contributed by atoms with E-state index in [-0.39, 0.29) is 18.4 Å². The van der Waals surface area contributed by atoms with Gasteiger partial charge in [0.25, 0.3) is 5.91 Å². The third-order valence-electron chi connectivity index (χ3n) is 5.01. The van der Waals surface area contributed by atoms with Gasteiger partial charge in [-0.05, 0) is 37.0 Å². The molecule has 0 bridgehead atoms. The van der Waals surface area contributed by atoms with Gasteiger partial charge in [-0.15, -0.1) is 0 Å². The van der Waals surface area contributed by atoms with Crippen molar-refractivity contribution in [3.8, 4) is 0 Å². The summed E-state index contributed by atoms with van der Waals surface area (Å²) in [6, 6.07) is 4.16. The van der Waals surface area contributed by atoms with Crippen molar-refractivity contribution in [2.45, 2.75) is 38.1 Å². The van der Waals surface area contributed by atoms with Crippen LogP contribution in [0.1, 0.15) is 32.6 Å². The first-order valence-corrected chi connectivity index (χ1v) is 8.98. The number of amides is 4. The Morgan fingerprint density at radius 1 is 1.32 bits per heavy atom. The smallest absolute Gasteiger partial charge is 0.324 e. The number of hydrogen-bond acceptors (Lipinski definition) is 3. The van der Waals surface area contributed by atoms with Gasteiger partial charge in [0, 0.05) is 5.69 Å². The van der Waals surface area contributed by atoms with E-state index in [0.29, 0.717) is 22.2 Å². The van der Waals surface area contributed by atoms with E-state index < -0.39 is 17.5 Å². The van der Waals surface area contributed by atoms with E-state index in [1.54, 1.807) is 12.1 Å². The number of hydrogen-bond donors (Lipinski definition) is 2. The van der Waals surface area contributed by atoms with Gasteiger partial charge in [-0.2, -0.15) is 0 Å². The SMILES string of the molecule is C[C@@H]1CCCC[C@@]12NC(=O)N(CC(=O)Nc1ccc(Cl)c(Cl)c1)C2=O. The lowest BCUT2D eigenvalue weighted by Gasteiger charge is -2.36. The van der Waals surface area contributed by atoms with Crippen molar-refractivity contribution < 1.29 is 14.4 Å². The second-order valence-corrected chi connectivity index (χ2v) is 7.43. The zero-order valence-corrected chi connectivity index (χ0v) is 15.3. The van der Waals surface area contributed by atoms with Crippen LogP contribution in [0, 0.1) is 5.92 Å². The highest BCUT2D eigenvalue weighted by atomic mass is 35.5. The molecular formula is C17H19Cl2N3O3. The normalized spacial score (nSPS) is 26.0. The Bertz CT molecular complexity index is 740. The fourth-order valence-electron chi connectivity index (χ4n) is 3.56. The minimum Gasteiger partial charge on any atom is -0.324 e. The molecule has 0 radical (unpaired) electrons. The average molecular weight is 384 g/mol. The van der Waals surface area contributed by atoms with E-state index in [0.717, 1.165) is 24.2 Å². The number of nitrogens with one attached hydrogen (secondary N) is 2. The summed E-state index contributed by atoms with van der Waals surface area (Å²) >= 11 is 11.8. The molecule has 8 heteroatoms. The number of carbonyl (C=O) groups is 3. The van der Waals surface area contributed by atoms with E-state index >= 15 is 0 Å². The summed E-state index contributed by atoms with van der Waals surface area (Å²) in [4.78, 5) is 38.3. The summed E-state index contributed by atoms with van der Waals surface area (Å²) in [7, 11) is 0. The van der Waals surface area contributed by atoms with E-state index in [2.05, 4.69) is 10.6 Å². The topological polar surface area (TPSA) is 78.5 Å². The van der Waals surface area contributed by atoms with Crippen LogP contribution in [0.4, 0.5) is 10.5 Å². The van der Waals surface area contributed by atoms with Gasteiger partial charge in [0.05, 0.1) is 10.0 Å². The van der Waals surface area contributed by atoms with Crippen molar-refractivity contribution in [2.24, 2.45) is 5.92 Å². The van der Waals surface area contributed by atoms with Crippen LogP contribution in [0.25, 0.3) is 0 Å². The zero-order chi connectivity index (χ0) is 18.2. The molecule has 3 rings (SSSR count).